The van der Waals surface area contributed by atoms with E-state index < -0.39 is 30.7 Å². The number of methoxy groups -OCH3 is 1. The minimum absolute atomic E-state index is 0.0164. The Bertz CT molecular complexity index is 416. The van der Waals surface area contributed by atoms with Crippen LogP contribution in [0.1, 0.15) is 5.56 Å². The van der Waals surface area contributed by atoms with Gasteiger partial charge in [-0.25, -0.2) is 0 Å². The molecule has 6 heteroatoms. The van der Waals surface area contributed by atoms with Gasteiger partial charge in [0.25, 0.3) is 0 Å². The lowest BCUT2D eigenvalue weighted by atomic mass is 10.0. The molecular weight excluding hydrogens is 252 g/mol. The molecule has 3 atom stereocenters. The van der Waals surface area contributed by atoms with E-state index >= 15 is 0 Å². The molecule has 0 bridgehead atoms. The Morgan fingerprint density at radius 3 is 2.21 bits per heavy atom. The maximum Gasteiger partial charge on any atom is 0.166 e. The number of benzene rings is 1. The van der Waals surface area contributed by atoms with Gasteiger partial charge >= 0.3 is 0 Å². The Kier molecular flexibility index (Phi) is 5.78. The number of aliphatic hydroxyl groups excluding tert-OH is 5. The highest BCUT2D eigenvalue weighted by Gasteiger charge is 2.29. The van der Waals surface area contributed by atoms with Crippen LogP contribution in [0.3, 0.4) is 0 Å². The molecule has 1 aromatic carbocycles. The Balaban J connectivity index is 3.05. The predicted octanol–water partition coefficient (Wildman–Crippen LogP) is -0.365. The van der Waals surface area contributed by atoms with E-state index in [9.17, 15) is 20.4 Å². The number of aliphatic hydroxyl groups is 5. The second kappa shape index (κ2) is 7.10. The summed E-state index contributed by atoms with van der Waals surface area (Å²) < 4.78 is 5.00. The normalized spacial score (nSPS) is 17.3. The molecule has 106 valence electrons. The van der Waals surface area contributed by atoms with Gasteiger partial charge in [-0.05, 0) is 0 Å². The molecule has 5 N–H and O–H groups in total. The lowest BCUT2D eigenvalue weighted by Gasteiger charge is -2.22. The molecule has 6 nitrogen and oxygen atoms in total. The van der Waals surface area contributed by atoms with Crippen LogP contribution in [0, 0.1) is 0 Å². The molecule has 0 heterocycles. The van der Waals surface area contributed by atoms with Gasteiger partial charge in [0.05, 0.1) is 13.7 Å². The number of rotatable bonds is 6. The fraction of sp³-hybridized carbons (Fsp3) is 0.385. The maximum atomic E-state index is 9.90. The zero-order valence-corrected chi connectivity index (χ0v) is 10.5. The van der Waals surface area contributed by atoms with Gasteiger partial charge in [0, 0.05) is 5.56 Å². The lowest BCUT2D eigenvalue weighted by Crippen LogP contribution is -2.40. The zero-order chi connectivity index (χ0) is 14.4. The summed E-state index contributed by atoms with van der Waals surface area (Å²) in [5.74, 6) is -0.633. The minimum atomic E-state index is -1.77. The molecule has 19 heavy (non-hydrogen) atoms. The van der Waals surface area contributed by atoms with Crippen molar-refractivity contribution in [3.05, 3.63) is 41.7 Å². The Labute approximate surface area is 110 Å². The average Bonchev–Trinajstić information content (AvgIpc) is 2.46. The maximum absolute atomic E-state index is 9.90. The Hall–Kier alpha value is -1.60. The fourth-order valence-corrected chi connectivity index (χ4v) is 1.57. The first-order chi connectivity index (χ1) is 9.02. The van der Waals surface area contributed by atoms with Crippen LogP contribution in [0.25, 0.3) is 5.76 Å². The highest BCUT2D eigenvalue weighted by atomic mass is 16.5. The molecule has 0 aliphatic heterocycles. The molecule has 0 fully saturated rings. The smallest absolute Gasteiger partial charge is 0.166 e. The van der Waals surface area contributed by atoms with Crippen molar-refractivity contribution in [3.8, 4) is 0 Å². The van der Waals surface area contributed by atoms with Crippen molar-refractivity contribution in [2.45, 2.75) is 18.3 Å². The van der Waals surface area contributed by atoms with Crippen LogP contribution < -0.4 is 0 Å². The van der Waals surface area contributed by atoms with Crippen LogP contribution >= 0.6 is 0 Å². The van der Waals surface area contributed by atoms with Crippen molar-refractivity contribution < 1.29 is 30.3 Å². The average molecular weight is 270 g/mol. The van der Waals surface area contributed by atoms with E-state index in [0.717, 1.165) is 0 Å². The second-order valence-electron chi connectivity index (χ2n) is 3.97. The van der Waals surface area contributed by atoms with Crippen LogP contribution in [-0.2, 0) is 4.74 Å². The molecule has 0 aromatic heterocycles. The molecule has 0 saturated heterocycles. The van der Waals surface area contributed by atoms with E-state index in [0.29, 0.717) is 5.56 Å². The van der Waals surface area contributed by atoms with Crippen molar-refractivity contribution in [1.82, 2.24) is 0 Å². The molecule has 0 spiro atoms. The first-order valence-electron chi connectivity index (χ1n) is 5.70. The summed E-state index contributed by atoms with van der Waals surface area (Å²) in [6.45, 7) is -0.737. The van der Waals surface area contributed by atoms with Gasteiger partial charge in [0.1, 0.15) is 18.3 Å². The molecule has 0 unspecified atom stereocenters. The van der Waals surface area contributed by atoms with E-state index in [1.165, 1.54) is 7.11 Å². The second-order valence-corrected chi connectivity index (χ2v) is 3.97. The van der Waals surface area contributed by atoms with E-state index in [1.807, 2.05) is 0 Å². The SMILES string of the molecule is COC(=C(O)[C@H](O)[C@@H](O)[C@H](O)CO)c1ccccc1. The molecule has 0 aliphatic rings. The van der Waals surface area contributed by atoms with Gasteiger partial charge in [-0.1, -0.05) is 30.3 Å². The first kappa shape index (κ1) is 15.5. The van der Waals surface area contributed by atoms with Crippen molar-refractivity contribution >= 4 is 5.76 Å². The summed E-state index contributed by atoms with van der Waals surface area (Å²) in [4.78, 5) is 0. The molecule has 0 saturated carbocycles. The molecule has 0 radical (unpaired) electrons. The third-order valence-electron chi connectivity index (χ3n) is 2.66. The largest absolute Gasteiger partial charge is 0.506 e. The number of ether oxygens (including phenoxy) is 1. The summed E-state index contributed by atoms with van der Waals surface area (Å²) in [7, 11) is 1.31. The third-order valence-corrected chi connectivity index (χ3v) is 2.66. The van der Waals surface area contributed by atoms with Crippen LogP contribution in [0.15, 0.2) is 36.1 Å². The number of hydrogen-bond donors (Lipinski definition) is 5. The molecular formula is C13H18O6. The van der Waals surface area contributed by atoms with Crippen molar-refractivity contribution in [2.24, 2.45) is 0 Å². The highest BCUT2D eigenvalue weighted by molar-refractivity contribution is 5.62. The summed E-state index contributed by atoms with van der Waals surface area (Å²) in [6.07, 6.45) is -5.05. The Morgan fingerprint density at radius 2 is 1.74 bits per heavy atom. The number of hydrogen-bond acceptors (Lipinski definition) is 6. The van der Waals surface area contributed by atoms with Gasteiger partial charge in [0.15, 0.2) is 11.5 Å². The summed E-state index contributed by atoms with van der Waals surface area (Å²) in [5.41, 5.74) is 0.507. The topological polar surface area (TPSA) is 110 Å². The van der Waals surface area contributed by atoms with E-state index in [2.05, 4.69) is 0 Å². The van der Waals surface area contributed by atoms with Crippen LogP contribution in [-0.4, -0.2) is 57.6 Å². The first-order valence-corrected chi connectivity index (χ1v) is 5.70. The van der Waals surface area contributed by atoms with Crippen LogP contribution in [0.5, 0.6) is 0 Å². The van der Waals surface area contributed by atoms with Crippen molar-refractivity contribution in [2.75, 3.05) is 13.7 Å². The molecule has 1 rings (SSSR count). The van der Waals surface area contributed by atoms with Gasteiger partial charge in [-0.3, -0.25) is 0 Å². The van der Waals surface area contributed by atoms with E-state index in [1.54, 1.807) is 30.3 Å². The third kappa shape index (κ3) is 3.68. The summed E-state index contributed by atoms with van der Waals surface area (Å²) >= 11 is 0. The van der Waals surface area contributed by atoms with Crippen molar-refractivity contribution in [1.29, 1.82) is 0 Å². The van der Waals surface area contributed by atoms with E-state index in [-0.39, 0.29) is 5.76 Å². The van der Waals surface area contributed by atoms with Gasteiger partial charge in [-0.2, -0.15) is 0 Å². The summed E-state index contributed by atoms with van der Waals surface area (Å²) in [6, 6.07) is 8.50. The van der Waals surface area contributed by atoms with Crippen LogP contribution in [0.4, 0.5) is 0 Å². The monoisotopic (exact) mass is 270 g/mol. The molecule has 1 aromatic rings. The predicted molar refractivity (Wildman–Crippen MR) is 68.1 cm³/mol. The van der Waals surface area contributed by atoms with Gasteiger partial charge in [-0.15, -0.1) is 0 Å². The fourth-order valence-electron chi connectivity index (χ4n) is 1.57. The highest BCUT2D eigenvalue weighted by Crippen LogP contribution is 2.21. The standard InChI is InChI=1S/C13H18O6/c1-19-13(8-5-3-2-4-6-8)12(18)11(17)10(16)9(15)7-14/h2-6,9-11,14-18H,7H2,1H3/t9-,10+,11-/m1/s1. The summed E-state index contributed by atoms with van der Waals surface area (Å²) in [5, 5.41) is 47.1. The van der Waals surface area contributed by atoms with Crippen LogP contribution in [0.2, 0.25) is 0 Å². The Morgan fingerprint density at radius 1 is 1.16 bits per heavy atom. The quantitative estimate of drug-likeness (QED) is 0.451. The molecule has 0 aliphatic carbocycles. The lowest BCUT2D eigenvalue weighted by molar-refractivity contribution is -0.0745. The van der Waals surface area contributed by atoms with Gasteiger partial charge < -0.3 is 30.3 Å². The molecule has 0 amide bonds. The zero-order valence-electron chi connectivity index (χ0n) is 10.5. The van der Waals surface area contributed by atoms with Crippen molar-refractivity contribution in [3.63, 3.8) is 0 Å². The van der Waals surface area contributed by atoms with E-state index in [4.69, 9.17) is 9.84 Å². The van der Waals surface area contributed by atoms with Gasteiger partial charge in [0.2, 0.25) is 0 Å². The minimum Gasteiger partial charge on any atom is -0.506 e.